The van der Waals surface area contributed by atoms with Crippen LogP contribution in [-0.2, 0) is 12.8 Å². The lowest BCUT2D eigenvalue weighted by Gasteiger charge is -2.20. The van der Waals surface area contributed by atoms with E-state index in [0.717, 1.165) is 18.4 Å². The molecule has 3 aromatic carbocycles. The average molecular weight is 312 g/mol. The lowest BCUT2D eigenvalue weighted by molar-refractivity contribution is 0.475. The van der Waals surface area contributed by atoms with Crippen LogP contribution in [0.1, 0.15) is 34.2 Å². The molecule has 1 heteroatoms. The van der Waals surface area contributed by atoms with Crippen LogP contribution in [-0.4, -0.2) is 5.11 Å². The second-order valence-corrected chi connectivity index (χ2v) is 6.32. The Labute approximate surface area is 142 Å². The third kappa shape index (κ3) is 2.85. The Kier molecular flexibility index (Phi) is 3.92. The quantitative estimate of drug-likeness (QED) is 0.631. The number of phenols is 1. The molecule has 118 valence electrons. The summed E-state index contributed by atoms with van der Waals surface area (Å²) >= 11 is 0. The first-order valence-corrected chi connectivity index (χ1v) is 8.48. The molecule has 0 atom stereocenters. The van der Waals surface area contributed by atoms with E-state index in [4.69, 9.17) is 0 Å². The lowest BCUT2D eigenvalue weighted by atomic mass is 9.84. The van der Waals surface area contributed by atoms with E-state index in [9.17, 15) is 5.11 Å². The minimum Gasteiger partial charge on any atom is -0.508 e. The highest BCUT2D eigenvalue weighted by Crippen LogP contribution is 2.34. The molecule has 1 aliphatic rings. The number of hydrogen-bond acceptors (Lipinski definition) is 1. The Morgan fingerprint density at radius 1 is 0.708 bits per heavy atom. The molecule has 1 nitrogen and oxygen atoms in total. The molecule has 0 amide bonds. The van der Waals surface area contributed by atoms with Gasteiger partial charge in [-0.05, 0) is 70.9 Å². The number of rotatable bonds is 1. The lowest BCUT2D eigenvalue weighted by Crippen LogP contribution is -2.04. The first-order chi connectivity index (χ1) is 11.8. The van der Waals surface area contributed by atoms with Crippen LogP contribution >= 0.6 is 0 Å². The van der Waals surface area contributed by atoms with Gasteiger partial charge in [0.05, 0.1) is 0 Å². The van der Waals surface area contributed by atoms with Gasteiger partial charge in [0.15, 0.2) is 0 Å². The van der Waals surface area contributed by atoms with Crippen molar-refractivity contribution in [3.8, 4) is 5.75 Å². The molecule has 0 aromatic heterocycles. The summed E-state index contributed by atoms with van der Waals surface area (Å²) in [6, 6.07) is 24.8. The van der Waals surface area contributed by atoms with E-state index in [1.54, 1.807) is 6.07 Å². The van der Waals surface area contributed by atoms with Crippen LogP contribution < -0.4 is 0 Å². The van der Waals surface area contributed by atoms with Crippen LogP contribution in [0.5, 0.6) is 5.75 Å². The minimum absolute atomic E-state index is 0.303. The summed E-state index contributed by atoms with van der Waals surface area (Å²) in [4.78, 5) is 0. The van der Waals surface area contributed by atoms with Gasteiger partial charge in [-0.2, -0.15) is 0 Å². The van der Waals surface area contributed by atoms with Crippen LogP contribution in [0.15, 0.2) is 72.8 Å². The SMILES string of the molecule is Oc1cccc(C=C2c3ccccc3CCCc3ccccc32)c1. The molecule has 1 aliphatic carbocycles. The van der Waals surface area contributed by atoms with Crippen molar-refractivity contribution in [3.05, 3.63) is 101 Å². The first-order valence-electron chi connectivity index (χ1n) is 8.48. The molecule has 3 aromatic rings. The topological polar surface area (TPSA) is 20.2 Å². The summed E-state index contributed by atoms with van der Waals surface area (Å²) in [5.74, 6) is 0.303. The Bertz CT molecular complexity index is 856. The van der Waals surface area contributed by atoms with Gasteiger partial charge in [0.2, 0.25) is 0 Å². The summed E-state index contributed by atoms with van der Waals surface area (Å²) in [6.45, 7) is 0. The maximum atomic E-state index is 9.80. The van der Waals surface area contributed by atoms with Crippen LogP contribution in [0, 0.1) is 0 Å². The second-order valence-electron chi connectivity index (χ2n) is 6.32. The number of aryl methyl sites for hydroxylation is 2. The Hall–Kier alpha value is -2.80. The average Bonchev–Trinajstić information content (AvgIpc) is 2.59. The van der Waals surface area contributed by atoms with E-state index in [0.29, 0.717) is 5.75 Å². The zero-order valence-electron chi connectivity index (χ0n) is 13.6. The van der Waals surface area contributed by atoms with Crippen molar-refractivity contribution in [2.45, 2.75) is 19.3 Å². The molecule has 24 heavy (non-hydrogen) atoms. The van der Waals surface area contributed by atoms with E-state index < -0.39 is 0 Å². The van der Waals surface area contributed by atoms with Crippen LogP contribution in [0.4, 0.5) is 0 Å². The van der Waals surface area contributed by atoms with Crippen molar-refractivity contribution in [1.82, 2.24) is 0 Å². The number of hydrogen-bond donors (Lipinski definition) is 1. The van der Waals surface area contributed by atoms with E-state index in [2.05, 4.69) is 54.6 Å². The molecule has 0 aliphatic heterocycles. The second kappa shape index (κ2) is 6.37. The predicted octanol–water partition coefficient (Wildman–Crippen LogP) is 5.47. The van der Waals surface area contributed by atoms with Crippen molar-refractivity contribution in [2.24, 2.45) is 0 Å². The largest absolute Gasteiger partial charge is 0.508 e. The predicted molar refractivity (Wildman–Crippen MR) is 100.0 cm³/mol. The van der Waals surface area contributed by atoms with E-state index in [1.165, 1.54) is 34.2 Å². The molecule has 0 saturated carbocycles. The van der Waals surface area contributed by atoms with E-state index in [1.807, 2.05) is 18.2 Å². The molecule has 0 heterocycles. The van der Waals surface area contributed by atoms with Gasteiger partial charge in [0, 0.05) is 0 Å². The van der Waals surface area contributed by atoms with Crippen molar-refractivity contribution in [3.63, 3.8) is 0 Å². The number of phenolic OH excluding ortho intramolecular Hbond substituents is 1. The minimum atomic E-state index is 0.303. The monoisotopic (exact) mass is 312 g/mol. The summed E-state index contributed by atoms with van der Waals surface area (Å²) in [5, 5.41) is 9.80. The third-order valence-electron chi connectivity index (χ3n) is 4.69. The standard InChI is InChI=1S/C23H20O/c24-20-12-5-7-17(15-20)16-23-21-13-3-1-8-18(21)10-6-11-19-9-2-4-14-22(19)23/h1-5,7-9,12-16,24H,6,10-11H2. The van der Waals surface area contributed by atoms with E-state index in [-0.39, 0.29) is 0 Å². The third-order valence-corrected chi connectivity index (χ3v) is 4.69. The molecule has 4 rings (SSSR count). The van der Waals surface area contributed by atoms with Crippen LogP contribution in [0.25, 0.3) is 11.6 Å². The summed E-state index contributed by atoms with van der Waals surface area (Å²) in [6.07, 6.45) is 5.57. The number of benzene rings is 3. The van der Waals surface area contributed by atoms with Gasteiger partial charge >= 0.3 is 0 Å². The molecule has 0 saturated heterocycles. The van der Waals surface area contributed by atoms with Gasteiger partial charge in [-0.25, -0.2) is 0 Å². The molecule has 0 unspecified atom stereocenters. The Morgan fingerprint density at radius 3 is 1.96 bits per heavy atom. The molecular formula is C23H20O. The summed E-state index contributed by atoms with van der Waals surface area (Å²) < 4.78 is 0. The smallest absolute Gasteiger partial charge is 0.116 e. The molecule has 0 spiro atoms. The van der Waals surface area contributed by atoms with Gasteiger partial charge in [0.1, 0.15) is 5.75 Å². The van der Waals surface area contributed by atoms with Gasteiger partial charge in [-0.3, -0.25) is 0 Å². The van der Waals surface area contributed by atoms with Crippen molar-refractivity contribution in [2.75, 3.05) is 0 Å². The van der Waals surface area contributed by atoms with Crippen molar-refractivity contribution < 1.29 is 5.11 Å². The van der Waals surface area contributed by atoms with Crippen molar-refractivity contribution >= 4 is 11.6 Å². The highest BCUT2D eigenvalue weighted by molar-refractivity contribution is 5.93. The zero-order chi connectivity index (χ0) is 16.4. The zero-order valence-corrected chi connectivity index (χ0v) is 13.6. The fraction of sp³-hybridized carbons (Fsp3) is 0.130. The highest BCUT2D eigenvalue weighted by Gasteiger charge is 2.16. The number of aromatic hydroxyl groups is 1. The molecule has 0 fully saturated rings. The summed E-state index contributed by atoms with van der Waals surface area (Å²) in [5.41, 5.74) is 7.67. The summed E-state index contributed by atoms with van der Waals surface area (Å²) in [7, 11) is 0. The maximum Gasteiger partial charge on any atom is 0.116 e. The highest BCUT2D eigenvalue weighted by atomic mass is 16.3. The van der Waals surface area contributed by atoms with Gasteiger partial charge in [-0.1, -0.05) is 60.7 Å². The Morgan fingerprint density at radius 2 is 1.33 bits per heavy atom. The first kappa shape index (κ1) is 14.8. The molecular weight excluding hydrogens is 292 g/mol. The van der Waals surface area contributed by atoms with Crippen LogP contribution in [0.2, 0.25) is 0 Å². The van der Waals surface area contributed by atoms with Gasteiger partial charge in [-0.15, -0.1) is 0 Å². The van der Waals surface area contributed by atoms with Gasteiger partial charge < -0.3 is 5.11 Å². The fourth-order valence-corrected chi connectivity index (χ4v) is 3.55. The molecule has 0 radical (unpaired) electrons. The maximum absolute atomic E-state index is 9.80. The Balaban J connectivity index is 1.96. The normalized spacial score (nSPS) is 13.4. The fourth-order valence-electron chi connectivity index (χ4n) is 3.55. The van der Waals surface area contributed by atoms with E-state index >= 15 is 0 Å². The number of fused-ring (bicyclic) bond motifs is 2. The van der Waals surface area contributed by atoms with Crippen LogP contribution in [0.3, 0.4) is 0 Å². The van der Waals surface area contributed by atoms with Crippen molar-refractivity contribution in [1.29, 1.82) is 0 Å². The molecule has 0 bridgehead atoms. The van der Waals surface area contributed by atoms with Gasteiger partial charge in [0.25, 0.3) is 0 Å². The molecule has 1 N–H and O–H groups in total.